The number of carbonyl (C=O) groups excluding carboxylic acids is 1. The fourth-order valence-electron chi connectivity index (χ4n) is 4.10. The fourth-order valence-corrected chi connectivity index (χ4v) is 5.10. The molecule has 0 saturated carbocycles. The van der Waals surface area contributed by atoms with Gasteiger partial charge >= 0.3 is 0 Å². The smallest absolute Gasteiger partial charge is 0.192 e. The van der Waals surface area contributed by atoms with Crippen LogP contribution in [0, 0.1) is 0 Å². The Morgan fingerprint density at radius 3 is 2.50 bits per heavy atom. The third-order valence-electron chi connectivity index (χ3n) is 7.34. The zero-order valence-corrected chi connectivity index (χ0v) is 22.8. The average molecular weight is 523 g/mol. The van der Waals surface area contributed by atoms with Crippen LogP contribution >= 0.6 is 0 Å². The zero-order valence-electron chi connectivity index (χ0n) is 21.8. The average Bonchev–Trinajstić information content (AvgIpc) is 2.85. The molecule has 0 amide bonds. The molecule has 0 bridgehead atoms. The van der Waals surface area contributed by atoms with E-state index >= 15 is 0 Å². The van der Waals surface area contributed by atoms with Crippen molar-refractivity contribution >= 4 is 14.1 Å². The first-order chi connectivity index (χ1) is 17.0. The minimum absolute atomic E-state index is 0.00251. The van der Waals surface area contributed by atoms with Gasteiger partial charge in [0.1, 0.15) is 30.5 Å². The summed E-state index contributed by atoms with van der Waals surface area (Å²) in [6.07, 6.45) is -3.43. The number of aliphatic hydroxyl groups excluding tert-OH is 1. The first kappa shape index (κ1) is 27.6. The number of hydrogen-bond donors (Lipinski definition) is 1. The maximum Gasteiger partial charge on any atom is 0.192 e. The summed E-state index contributed by atoms with van der Waals surface area (Å²) in [5, 5.41) is 11.0. The minimum Gasteiger partial charge on any atom is -0.414 e. The lowest BCUT2D eigenvalue weighted by Crippen LogP contribution is -2.63. The van der Waals surface area contributed by atoms with Gasteiger partial charge in [0.25, 0.3) is 0 Å². The largest absolute Gasteiger partial charge is 0.414 e. The summed E-state index contributed by atoms with van der Waals surface area (Å²) in [5.74, 6) is -0.180. The third-order valence-corrected chi connectivity index (χ3v) is 11.8. The molecule has 2 saturated heterocycles. The predicted molar refractivity (Wildman–Crippen MR) is 133 cm³/mol. The molecule has 1 N–H and O–H groups in total. The highest BCUT2D eigenvalue weighted by Gasteiger charge is 2.51. The van der Waals surface area contributed by atoms with E-state index in [0.717, 1.165) is 5.56 Å². The van der Waals surface area contributed by atoms with E-state index < -0.39 is 57.7 Å². The number of methoxy groups -OCH3 is 1. The molecule has 0 radical (unpaired) electrons. The normalized spacial score (nSPS) is 35.5. The van der Waals surface area contributed by atoms with Crippen LogP contribution in [-0.4, -0.2) is 82.6 Å². The van der Waals surface area contributed by atoms with Crippen molar-refractivity contribution in [1.29, 1.82) is 0 Å². The van der Waals surface area contributed by atoms with E-state index in [9.17, 15) is 9.90 Å². The van der Waals surface area contributed by atoms with Crippen molar-refractivity contribution in [3.8, 4) is 0 Å². The van der Waals surface area contributed by atoms with E-state index in [1.807, 2.05) is 30.3 Å². The Morgan fingerprint density at radius 1 is 1.11 bits per heavy atom. The number of carbonyl (C=O) groups is 1. The highest BCUT2D eigenvalue weighted by molar-refractivity contribution is 6.74. The molecule has 3 aliphatic heterocycles. The van der Waals surface area contributed by atoms with E-state index in [4.69, 9.17) is 32.8 Å². The Kier molecular flexibility index (Phi) is 8.50. The summed E-state index contributed by atoms with van der Waals surface area (Å²) in [5.41, 5.74) is 0.848. The molecule has 36 heavy (non-hydrogen) atoms. The summed E-state index contributed by atoms with van der Waals surface area (Å²) < 4.78 is 41.7. The Balaban J connectivity index is 1.47. The van der Waals surface area contributed by atoms with Crippen molar-refractivity contribution in [2.75, 3.05) is 20.3 Å². The fraction of sp³-hybridized carbons (Fsp3) is 0.654. The van der Waals surface area contributed by atoms with Crippen LogP contribution in [0.25, 0.3) is 0 Å². The molecule has 9 nitrogen and oxygen atoms in total. The molecule has 8 atom stereocenters. The van der Waals surface area contributed by atoms with Crippen LogP contribution in [0.1, 0.15) is 32.6 Å². The van der Waals surface area contributed by atoms with Gasteiger partial charge in [0.2, 0.25) is 0 Å². The number of benzene rings is 1. The second-order valence-corrected chi connectivity index (χ2v) is 15.7. The van der Waals surface area contributed by atoms with E-state index in [1.165, 1.54) is 19.3 Å². The van der Waals surface area contributed by atoms with Gasteiger partial charge in [-0.05, 0) is 30.3 Å². The Hall–Kier alpha value is -1.47. The van der Waals surface area contributed by atoms with Crippen LogP contribution in [0.4, 0.5) is 0 Å². The molecule has 0 spiro atoms. The Morgan fingerprint density at radius 2 is 1.83 bits per heavy atom. The lowest BCUT2D eigenvalue weighted by Gasteiger charge is -2.48. The van der Waals surface area contributed by atoms with Gasteiger partial charge in [-0.1, -0.05) is 51.1 Å². The van der Waals surface area contributed by atoms with Crippen LogP contribution in [-0.2, 0) is 37.6 Å². The van der Waals surface area contributed by atoms with Gasteiger partial charge in [0, 0.05) is 12.7 Å². The van der Waals surface area contributed by atoms with Crippen molar-refractivity contribution < 1.29 is 42.7 Å². The first-order valence-electron chi connectivity index (χ1n) is 12.4. The van der Waals surface area contributed by atoms with Gasteiger partial charge in [0.05, 0.1) is 13.2 Å². The molecule has 200 valence electrons. The second kappa shape index (κ2) is 11.1. The van der Waals surface area contributed by atoms with E-state index in [2.05, 4.69) is 33.9 Å². The number of hydrogen-bond acceptors (Lipinski definition) is 9. The highest BCUT2D eigenvalue weighted by Crippen LogP contribution is 2.38. The SMILES string of the molecule is CO[C@H]1O[C@@H]2COC(c3ccccc3)O[C@H]2[C@H](O[C@@H]2C=CC(=O)[C@H](CO[Si](C)(C)C(C)(C)C)O2)[C@H]1O. The molecular formula is C26H38O9Si. The number of fused-ring (bicyclic) bond motifs is 1. The second-order valence-electron chi connectivity index (χ2n) is 10.9. The molecule has 0 aromatic heterocycles. The summed E-state index contributed by atoms with van der Waals surface area (Å²) in [6.45, 7) is 11.0. The highest BCUT2D eigenvalue weighted by atomic mass is 28.4. The van der Waals surface area contributed by atoms with Crippen molar-refractivity contribution in [1.82, 2.24) is 0 Å². The lowest BCUT2D eigenvalue weighted by atomic mass is 9.97. The topological polar surface area (TPSA) is 102 Å². The minimum atomic E-state index is -2.08. The summed E-state index contributed by atoms with van der Waals surface area (Å²) in [6, 6.07) is 9.53. The van der Waals surface area contributed by atoms with E-state index in [-0.39, 0.29) is 24.0 Å². The maximum absolute atomic E-state index is 12.5. The van der Waals surface area contributed by atoms with Crippen molar-refractivity contribution in [2.24, 2.45) is 0 Å². The molecule has 10 heteroatoms. The number of ether oxygens (including phenoxy) is 6. The monoisotopic (exact) mass is 522 g/mol. The number of rotatable bonds is 7. The van der Waals surface area contributed by atoms with Gasteiger partial charge in [-0.3, -0.25) is 4.79 Å². The van der Waals surface area contributed by atoms with Gasteiger partial charge in [-0.15, -0.1) is 0 Å². The summed E-state index contributed by atoms with van der Waals surface area (Å²) in [4.78, 5) is 12.5. The van der Waals surface area contributed by atoms with E-state index in [1.54, 1.807) is 0 Å². The standard InChI is InChI=1S/C26H38O9Si/c1-26(2,3)36(5,6)31-15-18-17(27)12-13-20(32-18)34-23-21(28)25(29-4)33-19-14-30-24(35-22(19)23)16-10-8-7-9-11-16/h7-13,18-25,28H,14-15H2,1-6H3/t18-,19+,20+,21+,22+,23+,24?,25-/m0/s1. The lowest BCUT2D eigenvalue weighted by molar-refractivity contribution is -0.373. The van der Waals surface area contributed by atoms with Crippen LogP contribution in [0.5, 0.6) is 0 Å². The summed E-state index contributed by atoms with van der Waals surface area (Å²) >= 11 is 0. The molecule has 3 aliphatic rings. The molecule has 0 aliphatic carbocycles. The van der Waals surface area contributed by atoms with Crippen molar-refractivity contribution in [3.05, 3.63) is 48.0 Å². The zero-order chi connectivity index (χ0) is 26.1. The summed E-state index contributed by atoms with van der Waals surface area (Å²) in [7, 11) is -0.624. The molecule has 1 unspecified atom stereocenters. The Bertz CT molecular complexity index is 916. The number of aliphatic hydroxyl groups is 1. The third kappa shape index (κ3) is 5.98. The molecule has 2 fully saturated rings. The van der Waals surface area contributed by atoms with Gasteiger partial charge in [-0.25, -0.2) is 0 Å². The number of ketones is 1. The first-order valence-corrected chi connectivity index (χ1v) is 15.3. The van der Waals surface area contributed by atoms with Crippen LogP contribution in [0.2, 0.25) is 18.1 Å². The van der Waals surface area contributed by atoms with Crippen molar-refractivity contribution in [3.63, 3.8) is 0 Å². The molecule has 1 aromatic rings. The maximum atomic E-state index is 12.5. The van der Waals surface area contributed by atoms with Crippen LogP contribution < -0.4 is 0 Å². The van der Waals surface area contributed by atoms with E-state index in [0.29, 0.717) is 0 Å². The van der Waals surface area contributed by atoms with Crippen LogP contribution in [0.3, 0.4) is 0 Å². The molecule has 4 rings (SSSR count). The molecule has 3 heterocycles. The quantitative estimate of drug-likeness (QED) is 0.541. The molecule has 1 aromatic carbocycles. The van der Waals surface area contributed by atoms with Gasteiger partial charge in [0.15, 0.2) is 33.0 Å². The Labute approximate surface area is 213 Å². The van der Waals surface area contributed by atoms with Gasteiger partial charge in [-0.2, -0.15) is 0 Å². The van der Waals surface area contributed by atoms with Crippen LogP contribution in [0.15, 0.2) is 42.5 Å². The molecular weight excluding hydrogens is 484 g/mol. The predicted octanol–water partition coefficient (Wildman–Crippen LogP) is 3.09. The van der Waals surface area contributed by atoms with Gasteiger partial charge < -0.3 is 38.0 Å². The van der Waals surface area contributed by atoms with Crippen molar-refractivity contribution in [2.45, 2.75) is 88.3 Å².